The van der Waals surface area contributed by atoms with Crippen molar-refractivity contribution < 1.29 is 19.5 Å². The van der Waals surface area contributed by atoms with E-state index in [9.17, 15) is 19.5 Å². The van der Waals surface area contributed by atoms with Crippen LogP contribution in [0.3, 0.4) is 0 Å². The first-order chi connectivity index (χ1) is 10.8. The van der Waals surface area contributed by atoms with Gasteiger partial charge in [0.15, 0.2) is 0 Å². The van der Waals surface area contributed by atoms with E-state index in [4.69, 9.17) is 0 Å². The molecule has 0 bridgehead atoms. The number of carbonyl (C=O) groups excluding carboxylic acids is 2. The number of carbonyl (C=O) groups is 3. The molecule has 23 heavy (non-hydrogen) atoms. The molecule has 0 aliphatic heterocycles. The van der Waals surface area contributed by atoms with Crippen molar-refractivity contribution >= 4 is 23.6 Å². The van der Waals surface area contributed by atoms with Gasteiger partial charge in [0, 0.05) is 17.3 Å². The Balaban J connectivity index is 2.05. The molecule has 1 fully saturated rings. The van der Waals surface area contributed by atoms with Gasteiger partial charge in [0.05, 0.1) is 0 Å². The summed E-state index contributed by atoms with van der Waals surface area (Å²) in [5.41, 5.74) is -0.385. The lowest BCUT2D eigenvalue weighted by Crippen LogP contribution is -2.59. The largest absolute Gasteiger partial charge is 0.480 e. The summed E-state index contributed by atoms with van der Waals surface area (Å²) in [5.74, 6) is -1.47. The lowest BCUT2D eigenvalue weighted by atomic mass is 9.76. The molecule has 4 N–H and O–H groups in total. The maximum atomic E-state index is 12.3. The van der Waals surface area contributed by atoms with E-state index in [1.165, 1.54) is 6.07 Å². The number of carboxylic acid groups (broad SMARTS) is 1. The summed E-state index contributed by atoms with van der Waals surface area (Å²) in [6, 6.07) is 6.02. The van der Waals surface area contributed by atoms with Crippen molar-refractivity contribution in [2.75, 3.05) is 5.32 Å². The van der Waals surface area contributed by atoms with Crippen LogP contribution in [0, 0.1) is 0 Å². The van der Waals surface area contributed by atoms with Crippen molar-refractivity contribution in [2.45, 2.75) is 44.7 Å². The van der Waals surface area contributed by atoms with E-state index >= 15 is 0 Å². The highest BCUT2D eigenvalue weighted by molar-refractivity contribution is 5.99. The molecule has 2 rings (SSSR count). The Morgan fingerprint density at radius 1 is 1.22 bits per heavy atom. The summed E-state index contributed by atoms with van der Waals surface area (Å²) in [5, 5.41) is 17.2. The van der Waals surface area contributed by atoms with Gasteiger partial charge in [-0.05, 0) is 51.3 Å². The standard InChI is InChI=1S/C16H21N3O4/c1-10(2)17-15(23)18-12-6-3-5-11(9-12)13(20)19-16(14(21)22)7-4-8-16/h3,5-6,9-10H,4,7-8H2,1-2H3,(H,19,20)(H,21,22)(H2,17,18,23). The van der Waals surface area contributed by atoms with E-state index in [0.29, 0.717) is 24.1 Å². The van der Waals surface area contributed by atoms with Crippen LogP contribution >= 0.6 is 0 Å². The van der Waals surface area contributed by atoms with Crippen LogP contribution in [0.25, 0.3) is 0 Å². The summed E-state index contributed by atoms with van der Waals surface area (Å²) in [6.07, 6.45) is 1.65. The van der Waals surface area contributed by atoms with Crippen molar-refractivity contribution in [3.63, 3.8) is 0 Å². The summed E-state index contributed by atoms with van der Waals surface area (Å²) in [4.78, 5) is 35.3. The normalized spacial score (nSPS) is 15.4. The number of benzene rings is 1. The number of nitrogens with one attached hydrogen (secondary N) is 3. The van der Waals surface area contributed by atoms with Crippen LogP contribution in [0.1, 0.15) is 43.5 Å². The average molecular weight is 319 g/mol. The van der Waals surface area contributed by atoms with Crippen LogP contribution < -0.4 is 16.0 Å². The number of rotatable bonds is 5. The minimum absolute atomic E-state index is 0.00415. The maximum Gasteiger partial charge on any atom is 0.329 e. The molecule has 0 atom stereocenters. The third-order valence-electron chi connectivity index (χ3n) is 3.77. The maximum absolute atomic E-state index is 12.3. The lowest BCUT2D eigenvalue weighted by molar-refractivity contribution is -0.148. The Labute approximate surface area is 134 Å². The van der Waals surface area contributed by atoms with Crippen LogP contribution in [-0.2, 0) is 4.79 Å². The van der Waals surface area contributed by atoms with Crippen LogP contribution in [0.4, 0.5) is 10.5 Å². The zero-order valence-corrected chi connectivity index (χ0v) is 13.2. The van der Waals surface area contributed by atoms with Crippen LogP contribution in [0.15, 0.2) is 24.3 Å². The molecule has 0 spiro atoms. The van der Waals surface area contributed by atoms with Gasteiger partial charge in [0.25, 0.3) is 5.91 Å². The van der Waals surface area contributed by atoms with Gasteiger partial charge in [0.1, 0.15) is 5.54 Å². The molecule has 0 aromatic heterocycles. The number of aliphatic carboxylic acids is 1. The van der Waals surface area contributed by atoms with E-state index < -0.39 is 17.4 Å². The fourth-order valence-corrected chi connectivity index (χ4v) is 2.38. The number of hydrogen-bond acceptors (Lipinski definition) is 3. The minimum Gasteiger partial charge on any atom is -0.480 e. The molecule has 0 saturated heterocycles. The summed E-state index contributed by atoms with van der Waals surface area (Å²) >= 11 is 0. The topological polar surface area (TPSA) is 108 Å². The quantitative estimate of drug-likeness (QED) is 0.665. The van der Waals surface area contributed by atoms with E-state index in [0.717, 1.165) is 6.42 Å². The zero-order chi connectivity index (χ0) is 17.0. The fourth-order valence-electron chi connectivity index (χ4n) is 2.38. The zero-order valence-electron chi connectivity index (χ0n) is 13.2. The molecule has 1 aliphatic rings. The van der Waals surface area contributed by atoms with E-state index in [1.54, 1.807) is 18.2 Å². The summed E-state index contributed by atoms with van der Waals surface area (Å²) in [7, 11) is 0. The van der Waals surface area contributed by atoms with Gasteiger partial charge in [0.2, 0.25) is 0 Å². The van der Waals surface area contributed by atoms with Crippen LogP contribution in [0.5, 0.6) is 0 Å². The molecule has 0 radical (unpaired) electrons. The first kappa shape index (κ1) is 16.8. The van der Waals surface area contributed by atoms with Gasteiger partial charge in [-0.25, -0.2) is 9.59 Å². The smallest absolute Gasteiger partial charge is 0.329 e. The number of carboxylic acids is 1. The molecule has 0 heterocycles. The molecule has 0 unspecified atom stereocenters. The SMILES string of the molecule is CC(C)NC(=O)Nc1cccc(C(=O)NC2(C(=O)O)CCC2)c1. The molecule has 7 heteroatoms. The Morgan fingerprint density at radius 2 is 1.91 bits per heavy atom. The van der Waals surface area contributed by atoms with E-state index in [1.807, 2.05) is 13.8 Å². The van der Waals surface area contributed by atoms with Gasteiger partial charge >= 0.3 is 12.0 Å². The second kappa shape index (κ2) is 6.68. The molecule has 124 valence electrons. The highest BCUT2D eigenvalue weighted by atomic mass is 16.4. The van der Waals surface area contributed by atoms with E-state index in [2.05, 4.69) is 16.0 Å². The highest BCUT2D eigenvalue weighted by Crippen LogP contribution is 2.32. The Hall–Kier alpha value is -2.57. The van der Waals surface area contributed by atoms with Crippen LogP contribution in [-0.4, -0.2) is 34.6 Å². The predicted octanol–water partition coefficient (Wildman–Crippen LogP) is 1.95. The molecule has 1 saturated carbocycles. The van der Waals surface area contributed by atoms with Crippen molar-refractivity contribution in [1.82, 2.24) is 10.6 Å². The second-order valence-electron chi connectivity index (χ2n) is 6.03. The van der Waals surface area contributed by atoms with Crippen LogP contribution in [0.2, 0.25) is 0 Å². The molecule has 7 nitrogen and oxygen atoms in total. The molecule has 1 aliphatic carbocycles. The molecule has 3 amide bonds. The Bertz CT molecular complexity index is 624. The predicted molar refractivity (Wildman–Crippen MR) is 85.4 cm³/mol. The van der Waals surface area contributed by atoms with Crippen molar-refractivity contribution in [1.29, 1.82) is 0 Å². The minimum atomic E-state index is -1.16. The highest BCUT2D eigenvalue weighted by Gasteiger charge is 2.45. The van der Waals surface area contributed by atoms with Crippen molar-refractivity contribution in [3.05, 3.63) is 29.8 Å². The average Bonchev–Trinajstić information content (AvgIpc) is 2.41. The first-order valence-corrected chi connectivity index (χ1v) is 7.56. The van der Waals surface area contributed by atoms with E-state index in [-0.39, 0.29) is 12.1 Å². The van der Waals surface area contributed by atoms with Crippen molar-refractivity contribution in [3.8, 4) is 0 Å². The Morgan fingerprint density at radius 3 is 2.43 bits per heavy atom. The lowest BCUT2D eigenvalue weighted by Gasteiger charge is -2.38. The Kier molecular flexibility index (Phi) is 4.88. The fraction of sp³-hybridized carbons (Fsp3) is 0.438. The molecule has 1 aromatic rings. The first-order valence-electron chi connectivity index (χ1n) is 7.56. The van der Waals surface area contributed by atoms with Gasteiger partial charge in [-0.15, -0.1) is 0 Å². The number of hydrogen-bond donors (Lipinski definition) is 4. The second-order valence-corrected chi connectivity index (χ2v) is 6.03. The summed E-state index contributed by atoms with van der Waals surface area (Å²) < 4.78 is 0. The third kappa shape index (κ3) is 4.00. The molecular formula is C16H21N3O4. The third-order valence-corrected chi connectivity index (χ3v) is 3.77. The monoisotopic (exact) mass is 319 g/mol. The van der Waals surface area contributed by atoms with Gasteiger partial charge in [-0.1, -0.05) is 6.07 Å². The van der Waals surface area contributed by atoms with Crippen molar-refractivity contribution in [2.24, 2.45) is 0 Å². The number of amides is 3. The van der Waals surface area contributed by atoms with Gasteiger partial charge in [-0.2, -0.15) is 0 Å². The molecule has 1 aromatic carbocycles. The molecular weight excluding hydrogens is 298 g/mol. The summed E-state index contributed by atoms with van der Waals surface area (Å²) in [6.45, 7) is 3.68. The van der Waals surface area contributed by atoms with Gasteiger partial charge in [-0.3, -0.25) is 4.79 Å². The van der Waals surface area contributed by atoms with Gasteiger partial charge < -0.3 is 21.1 Å². The number of urea groups is 1. The number of anilines is 1.